The molecule has 0 aliphatic carbocycles. The van der Waals surface area contributed by atoms with Crippen molar-refractivity contribution in [2.24, 2.45) is 0 Å². The van der Waals surface area contributed by atoms with Gasteiger partial charge in [0.1, 0.15) is 11.6 Å². The summed E-state index contributed by atoms with van der Waals surface area (Å²) in [6.45, 7) is 0.909. The number of ether oxygens (including phenoxy) is 1. The van der Waals surface area contributed by atoms with E-state index in [1.807, 2.05) is 24.3 Å². The molecule has 0 unspecified atom stereocenters. The maximum absolute atomic E-state index is 13.4. The van der Waals surface area contributed by atoms with Crippen LogP contribution >= 0.6 is 0 Å². The summed E-state index contributed by atoms with van der Waals surface area (Å²) in [6, 6.07) is 23.6. The van der Waals surface area contributed by atoms with Gasteiger partial charge in [-0.15, -0.1) is 0 Å². The van der Waals surface area contributed by atoms with Gasteiger partial charge >= 0.3 is 0 Å². The third-order valence-corrected chi connectivity index (χ3v) is 4.85. The molecule has 4 rings (SSSR count). The molecule has 0 fully saturated rings. The lowest BCUT2D eigenvalue weighted by Gasteiger charge is -2.39. The van der Waals surface area contributed by atoms with Crippen molar-refractivity contribution < 1.29 is 9.13 Å². The Balaban J connectivity index is 1.84. The summed E-state index contributed by atoms with van der Waals surface area (Å²) in [5, 5.41) is 0. The number of nitrogens with zero attached hydrogens (tertiary/aromatic N) is 1. The van der Waals surface area contributed by atoms with Crippen LogP contribution in [0, 0.1) is 5.82 Å². The Kier molecular flexibility index (Phi) is 4.14. The minimum absolute atomic E-state index is 0.0673. The molecule has 0 amide bonds. The van der Waals surface area contributed by atoms with Crippen molar-refractivity contribution in [3.05, 3.63) is 95.3 Å². The highest BCUT2D eigenvalue weighted by Gasteiger charge is 2.29. The molecule has 0 saturated carbocycles. The maximum Gasteiger partial charge on any atom is 0.123 e. The van der Waals surface area contributed by atoms with Gasteiger partial charge in [0.2, 0.25) is 0 Å². The standard InChI is InChI=1S/C22H20FNO/c1-25-20-11-12-21-17(15-20)13-14-24(19-5-3-2-4-6-19)22(21)16-7-9-18(23)10-8-16/h2-12,15,22H,13-14H2,1H3/t22-/m1/s1. The molecule has 1 heterocycles. The summed E-state index contributed by atoms with van der Waals surface area (Å²) < 4.78 is 18.8. The van der Waals surface area contributed by atoms with Gasteiger partial charge in [0.25, 0.3) is 0 Å². The number of halogens is 1. The molecule has 0 N–H and O–H groups in total. The second-order valence-electron chi connectivity index (χ2n) is 6.30. The number of fused-ring (bicyclic) bond motifs is 1. The fourth-order valence-electron chi connectivity index (χ4n) is 3.63. The molecule has 3 aromatic carbocycles. The highest BCUT2D eigenvalue weighted by Crippen LogP contribution is 2.39. The third-order valence-electron chi connectivity index (χ3n) is 4.85. The Bertz CT molecular complexity index is 861. The molecule has 0 radical (unpaired) electrons. The molecule has 1 atom stereocenters. The van der Waals surface area contributed by atoms with Crippen molar-refractivity contribution in [3.8, 4) is 5.75 Å². The van der Waals surface area contributed by atoms with Crippen LogP contribution in [0.1, 0.15) is 22.7 Å². The lowest BCUT2D eigenvalue weighted by atomic mass is 9.87. The Morgan fingerprint density at radius 2 is 1.72 bits per heavy atom. The van der Waals surface area contributed by atoms with Crippen molar-refractivity contribution in [3.63, 3.8) is 0 Å². The van der Waals surface area contributed by atoms with E-state index in [1.165, 1.54) is 28.9 Å². The van der Waals surface area contributed by atoms with Crippen LogP contribution in [0.3, 0.4) is 0 Å². The number of anilines is 1. The van der Waals surface area contributed by atoms with Crippen molar-refractivity contribution in [2.75, 3.05) is 18.6 Å². The first-order valence-electron chi connectivity index (χ1n) is 8.50. The van der Waals surface area contributed by atoms with E-state index in [0.717, 1.165) is 24.3 Å². The van der Waals surface area contributed by atoms with Crippen LogP contribution in [0.25, 0.3) is 0 Å². The Hall–Kier alpha value is -2.81. The van der Waals surface area contributed by atoms with E-state index in [2.05, 4.69) is 41.3 Å². The van der Waals surface area contributed by atoms with Crippen LogP contribution < -0.4 is 9.64 Å². The Morgan fingerprint density at radius 1 is 0.960 bits per heavy atom. The molecule has 1 aliphatic rings. The number of hydrogen-bond donors (Lipinski definition) is 0. The summed E-state index contributed by atoms with van der Waals surface area (Å²) in [5.74, 6) is 0.672. The normalized spacial score (nSPS) is 16.4. The predicted octanol–water partition coefficient (Wildman–Crippen LogP) is 4.99. The van der Waals surface area contributed by atoms with E-state index in [1.54, 1.807) is 7.11 Å². The first-order valence-corrected chi connectivity index (χ1v) is 8.50. The number of hydrogen-bond acceptors (Lipinski definition) is 2. The summed E-state index contributed by atoms with van der Waals surface area (Å²) in [5.41, 5.74) is 4.82. The van der Waals surface area contributed by atoms with E-state index < -0.39 is 0 Å². The second-order valence-corrected chi connectivity index (χ2v) is 6.30. The minimum Gasteiger partial charge on any atom is -0.497 e. The summed E-state index contributed by atoms with van der Waals surface area (Å²) in [4.78, 5) is 2.39. The van der Waals surface area contributed by atoms with Crippen LogP contribution in [0.5, 0.6) is 5.75 Å². The lowest BCUT2D eigenvalue weighted by Crippen LogP contribution is -2.36. The van der Waals surface area contributed by atoms with Gasteiger partial charge in [-0.3, -0.25) is 0 Å². The SMILES string of the molecule is COc1ccc2c(c1)CCN(c1ccccc1)[C@@H]2c1ccc(F)cc1. The molecule has 0 aromatic heterocycles. The van der Waals surface area contributed by atoms with E-state index in [-0.39, 0.29) is 11.9 Å². The zero-order valence-electron chi connectivity index (χ0n) is 14.2. The second kappa shape index (κ2) is 6.60. The molecule has 3 aromatic rings. The number of rotatable bonds is 3. The summed E-state index contributed by atoms with van der Waals surface area (Å²) in [7, 11) is 1.69. The van der Waals surface area contributed by atoms with Gasteiger partial charge in [-0.1, -0.05) is 36.4 Å². The molecule has 126 valence electrons. The van der Waals surface area contributed by atoms with Gasteiger partial charge in [-0.05, 0) is 59.5 Å². The van der Waals surface area contributed by atoms with Crippen molar-refractivity contribution >= 4 is 5.69 Å². The predicted molar refractivity (Wildman–Crippen MR) is 98.7 cm³/mol. The molecular formula is C22H20FNO. The highest BCUT2D eigenvalue weighted by atomic mass is 19.1. The van der Waals surface area contributed by atoms with Gasteiger partial charge in [-0.2, -0.15) is 0 Å². The van der Waals surface area contributed by atoms with Gasteiger partial charge in [-0.25, -0.2) is 4.39 Å². The van der Waals surface area contributed by atoms with E-state index >= 15 is 0 Å². The smallest absolute Gasteiger partial charge is 0.123 e. The average molecular weight is 333 g/mol. The number of para-hydroxylation sites is 1. The average Bonchev–Trinajstić information content (AvgIpc) is 2.68. The summed E-state index contributed by atoms with van der Waals surface area (Å²) in [6.07, 6.45) is 0.957. The van der Waals surface area contributed by atoms with E-state index in [4.69, 9.17) is 4.74 Å². The van der Waals surface area contributed by atoms with Gasteiger partial charge < -0.3 is 9.64 Å². The maximum atomic E-state index is 13.4. The Labute approximate surface area is 147 Å². The summed E-state index contributed by atoms with van der Waals surface area (Å²) >= 11 is 0. The van der Waals surface area contributed by atoms with Crippen molar-refractivity contribution in [2.45, 2.75) is 12.5 Å². The van der Waals surface area contributed by atoms with Gasteiger partial charge in [0.15, 0.2) is 0 Å². The number of methoxy groups -OCH3 is 1. The molecule has 0 spiro atoms. The molecular weight excluding hydrogens is 313 g/mol. The molecule has 0 saturated heterocycles. The van der Waals surface area contributed by atoms with Crippen LogP contribution in [-0.4, -0.2) is 13.7 Å². The van der Waals surface area contributed by atoms with Crippen molar-refractivity contribution in [1.29, 1.82) is 0 Å². The van der Waals surface area contributed by atoms with Crippen LogP contribution in [0.4, 0.5) is 10.1 Å². The van der Waals surface area contributed by atoms with Crippen molar-refractivity contribution in [1.82, 2.24) is 0 Å². The fourth-order valence-corrected chi connectivity index (χ4v) is 3.63. The van der Waals surface area contributed by atoms with Crippen LogP contribution in [0.15, 0.2) is 72.8 Å². The van der Waals surface area contributed by atoms with Crippen LogP contribution in [0.2, 0.25) is 0 Å². The van der Waals surface area contributed by atoms with Gasteiger partial charge in [0, 0.05) is 12.2 Å². The third kappa shape index (κ3) is 2.98. The van der Waals surface area contributed by atoms with E-state index in [0.29, 0.717) is 0 Å². The number of benzene rings is 3. The van der Waals surface area contributed by atoms with Crippen LogP contribution in [-0.2, 0) is 6.42 Å². The molecule has 3 heteroatoms. The largest absolute Gasteiger partial charge is 0.497 e. The fraction of sp³-hybridized carbons (Fsp3) is 0.182. The molecule has 25 heavy (non-hydrogen) atoms. The molecule has 0 bridgehead atoms. The quantitative estimate of drug-likeness (QED) is 0.670. The zero-order chi connectivity index (χ0) is 17.2. The Morgan fingerprint density at radius 3 is 2.44 bits per heavy atom. The lowest BCUT2D eigenvalue weighted by molar-refractivity contribution is 0.413. The molecule has 1 aliphatic heterocycles. The molecule has 2 nitrogen and oxygen atoms in total. The van der Waals surface area contributed by atoms with E-state index in [9.17, 15) is 4.39 Å². The highest BCUT2D eigenvalue weighted by molar-refractivity contribution is 5.56. The zero-order valence-corrected chi connectivity index (χ0v) is 14.2. The minimum atomic E-state index is -0.208. The first-order chi connectivity index (χ1) is 12.3. The first kappa shape index (κ1) is 15.7. The monoisotopic (exact) mass is 333 g/mol. The topological polar surface area (TPSA) is 12.5 Å². The van der Waals surface area contributed by atoms with Gasteiger partial charge in [0.05, 0.1) is 13.2 Å².